The average molecular weight is 402 g/mol. The molecule has 0 aliphatic rings. The molecule has 0 radical (unpaired) electrons. The van der Waals surface area contributed by atoms with Gasteiger partial charge in [-0.3, -0.25) is 14.7 Å². The fourth-order valence-corrected chi connectivity index (χ4v) is 2.95. The van der Waals surface area contributed by atoms with E-state index in [-0.39, 0.29) is 17.8 Å². The van der Waals surface area contributed by atoms with Crippen LogP contribution in [0.2, 0.25) is 0 Å². The molecule has 0 saturated carbocycles. The van der Waals surface area contributed by atoms with E-state index in [0.717, 1.165) is 17.7 Å². The minimum atomic E-state index is -0.846. The molecular formula is C23H16F2N4O. The van der Waals surface area contributed by atoms with E-state index in [1.165, 1.54) is 23.4 Å². The molecule has 1 amide bonds. The molecule has 2 aromatic carbocycles. The SMILES string of the molecule is O=C(c1cnc(-c2ccccc2)nc1)N(Cc1ccccn1)c1ccc(F)cc1F. The van der Waals surface area contributed by atoms with Crippen LogP contribution in [0.15, 0.2) is 85.3 Å². The Bertz CT molecular complexity index is 1150. The molecule has 2 aromatic heterocycles. The second kappa shape index (κ2) is 8.57. The monoisotopic (exact) mass is 402 g/mol. The molecule has 0 atom stereocenters. The molecule has 30 heavy (non-hydrogen) atoms. The zero-order chi connectivity index (χ0) is 20.9. The summed E-state index contributed by atoms with van der Waals surface area (Å²) in [7, 11) is 0. The highest BCUT2D eigenvalue weighted by Crippen LogP contribution is 2.24. The number of hydrogen-bond donors (Lipinski definition) is 0. The van der Waals surface area contributed by atoms with Gasteiger partial charge in [0.25, 0.3) is 5.91 Å². The Kier molecular flexibility index (Phi) is 5.52. The number of halogens is 2. The van der Waals surface area contributed by atoms with Crippen LogP contribution >= 0.6 is 0 Å². The van der Waals surface area contributed by atoms with Gasteiger partial charge in [-0.25, -0.2) is 18.7 Å². The van der Waals surface area contributed by atoms with Crippen molar-refractivity contribution in [3.05, 3.63) is 108 Å². The Labute approximate surface area is 171 Å². The fraction of sp³-hybridized carbons (Fsp3) is 0.0435. The van der Waals surface area contributed by atoms with Gasteiger partial charge in [0.2, 0.25) is 0 Å². The summed E-state index contributed by atoms with van der Waals surface area (Å²) in [5.41, 5.74) is 1.48. The van der Waals surface area contributed by atoms with Crippen molar-refractivity contribution in [1.82, 2.24) is 15.0 Å². The highest BCUT2D eigenvalue weighted by atomic mass is 19.1. The standard InChI is InChI=1S/C23H16F2N4O/c24-18-9-10-21(20(25)12-18)29(15-19-8-4-5-11-26-19)23(30)17-13-27-22(28-14-17)16-6-2-1-3-7-16/h1-14H,15H2. The van der Waals surface area contributed by atoms with Gasteiger partial charge < -0.3 is 0 Å². The Morgan fingerprint density at radius 1 is 0.867 bits per heavy atom. The normalized spacial score (nSPS) is 10.6. The van der Waals surface area contributed by atoms with E-state index >= 15 is 0 Å². The number of amides is 1. The number of aromatic nitrogens is 3. The maximum absolute atomic E-state index is 14.5. The molecule has 0 bridgehead atoms. The first-order chi connectivity index (χ1) is 14.6. The van der Waals surface area contributed by atoms with Gasteiger partial charge in [-0.1, -0.05) is 36.4 Å². The Hall–Kier alpha value is -4.00. The van der Waals surface area contributed by atoms with Gasteiger partial charge in [0.05, 0.1) is 23.5 Å². The summed E-state index contributed by atoms with van der Waals surface area (Å²) in [5, 5.41) is 0. The second-order valence-electron chi connectivity index (χ2n) is 6.47. The van der Waals surface area contributed by atoms with E-state index in [0.29, 0.717) is 11.5 Å². The number of pyridine rings is 1. The van der Waals surface area contributed by atoms with Crippen molar-refractivity contribution in [2.45, 2.75) is 6.54 Å². The summed E-state index contributed by atoms with van der Waals surface area (Å²) >= 11 is 0. The zero-order valence-corrected chi connectivity index (χ0v) is 15.7. The molecule has 0 unspecified atom stereocenters. The fourth-order valence-electron chi connectivity index (χ4n) is 2.95. The van der Waals surface area contributed by atoms with E-state index in [9.17, 15) is 13.6 Å². The van der Waals surface area contributed by atoms with Crippen LogP contribution in [0.1, 0.15) is 16.1 Å². The van der Waals surface area contributed by atoms with Crippen molar-refractivity contribution >= 4 is 11.6 Å². The Morgan fingerprint density at radius 3 is 2.27 bits per heavy atom. The highest BCUT2D eigenvalue weighted by Gasteiger charge is 2.23. The number of anilines is 1. The lowest BCUT2D eigenvalue weighted by molar-refractivity contribution is 0.0983. The van der Waals surface area contributed by atoms with Crippen molar-refractivity contribution in [2.75, 3.05) is 4.90 Å². The molecule has 0 spiro atoms. The van der Waals surface area contributed by atoms with Gasteiger partial charge in [0, 0.05) is 30.2 Å². The van der Waals surface area contributed by atoms with Gasteiger partial charge in [0.1, 0.15) is 11.6 Å². The molecule has 2 heterocycles. The van der Waals surface area contributed by atoms with Crippen molar-refractivity contribution in [2.24, 2.45) is 0 Å². The summed E-state index contributed by atoms with van der Waals surface area (Å²) in [6.45, 7) is 0.00264. The molecule has 0 saturated heterocycles. The van der Waals surface area contributed by atoms with Crippen LogP contribution in [-0.2, 0) is 6.54 Å². The third-order valence-electron chi connectivity index (χ3n) is 4.42. The summed E-state index contributed by atoms with van der Waals surface area (Å²) in [6.07, 6.45) is 4.37. The topological polar surface area (TPSA) is 59.0 Å². The predicted octanol–water partition coefficient (Wildman–Crippen LogP) is 4.66. The van der Waals surface area contributed by atoms with Gasteiger partial charge in [-0.2, -0.15) is 0 Å². The largest absolute Gasteiger partial charge is 0.299 e. The number of nitrogens with zero attached hydrogens (tertiary/aromatic N) is 4. The Balaban J connectivity index is 1.68. The number of rotatable bonds is 5. The number of benzene rings is 2. The lowest BCUT2D eigenvalue weighted by Crippen LogP contribution is -2.31. The van der Waals surface area contributed by atoms with Crippen LogP contribution in [0.4, 0.5) is 14.5 Å². The summed E-state index contributed by atoms with van der Waals surface area (Å²) in [4.78, 5) is 27.1. The van der Waals surface area contributed by atoms with Crippen LogP contribution in [0, 0.1) is 11.6 Å². The van der Waals surface area contributed by atoms with Crippen LogP contribution in [-0.4, -0.2) is 20.9 Å². The molecule has 7 heteroatoms. The first kappa shape index (κ1) is 19.3. The Morgan fingerprint density at radius 2 is 1.60 bits per heavy atom. The minimum absolute atomic E-state index is 0.00264. The van der Waals surface area contributed by atoms with Crippen LogP contribution in [0.5, 0.6) is 0 Å². The molecule has 4 rings (SSSR count). The maximum atomic E-state index is 14.5. The summed E-state index contributed by atoms with van der Waals surface area (Å²) in [5.74, 6) is -1.62. The third-order valence-corrected chi connectivity index (χ3v) is 4.42. The van der Waals surface area contributed by atoms with Gasteiger partial charge in [-0.15, -0.1) is 0 Å². The molecule has 0 fully saturated rings. The van der Waals surface area contributed by atoms with Crippen molar-refractivity contribution < 1.29 is 13.6 Å². The van der Waals surface area contributed by atoms with Crippen LogP contribution in [0.3, 0.4) is 0 Å². The predicted molar refractivity (Wildman–Crippen MR) is 109 cm³/mol. The first-order valence-corrected chi connectivity index (χ1v) is 9.16. The van der Waals surface area contributed by atoms with Gasteiger partial charge >= 0.3 is 0 Å². The van der Waals surface area contributed by atoms with Crippen molar-refractivity contribution in [3.63, 3.8) is 0 Å². The molecule has 4 aromatic rings. The summed E-state index contributed by atoms with van der Waals surface area (Å²) in [6, 6.07) is 17.6. The second-order valence-corrected chi connectivity index (χ2v) is 6.47. The van der Waals surface area contributed by atoms with Crippen molar-refractivity contribution in [3.8, 4) is 11.4 Å². The molecule has 0 N–H and O–H groups in total. The lowest BCUT2D eigenvalue weighted by atomic mass is 10.2. The third kappa shape index (κ3) is 4.20. The number of carbonyl (C=O) groups is 1. The smallest absolute Gasteiger partial charge is 0.261 e. The first-order valence-electron chi connectivity index (χ1n) is 9.16. The van der Waals surface area contributed by atoms with Crippen LogP contribution < -0.4 is 4.90 Å². The molecule has 5 nitrogen and oxygen atoms in total. The molecule has 148 valence electrons. The van der Waals surface area contributed by atoms with E-state index in [1.807, 2.05) is 30.3 Å². The highest BCUT2D eigenvalue weighted by molar-refractivity contribution is 6.05. The van der Waals surface area contributed by atoms with Crippen LogP contribution in [0.25, 0.3) is 11.4 Å². The average Bonchev–Trinajstić information content (AvgIpc) is 2.79. The molecule has 0 aliphatic heterocycles. The number of hydrogen-bond acceptors (Lipinski definition) is 4. The lowest BCUT2D eigenvalue weighted by Gasteiger charge is -2.23. The van der Waals surface area contributed by atoms with E-state index in [2.05, 4.69) is 15.0 Å². The molecule has 0 aliphatic carbocycles. The maximum Gasteiger partial charge on any atom is 0.261 e. The van der Waals surface area contributed by atoms with E-state index in [4.69, 9.17) is 0 Å². The quantitative estimate of drug-likeness (QED) is 0.487. The number of carbonyl (C=O) groups excluding carboxylic acids is 1. The van der Waals surface area contributed by atoms with E-state index < -0.39 is 17.5 Å². The minimum Gasteiger partial charge on any atom is -0.299 e. The summed E-state index contributed by atoms with van der Waals surface area (Å²) < 4.78 is 27.9. The van der Waals surface area contributed by atoms with Crippen molar-refractivity contribution in [1.29, 1.82) is 0 Å². The molecular weight excluding hydrogens is 386 g/mol. The van der Waals surface area contributed by atoms with Gasteiger partial charge in [-0.05, 0) is 24.3 Å². The zero-order valence-electron chi connectivity index (χ0n) is 15.7. The van der Waals surface area contributed by atoms with Gasteiger partial charge in [0.15, 0.2) is 5.82 Å². The van der Waals surface area contributed by atoms with E-state index in [1.54, 1.807) is 24.4 Å².